The Morgan fingerprint density at radius 2 is 2.25 bits per heavy atom. The molecule has 1 heterocycles. The van der Waals surface area contributed by atoms with Crippen LogP contribution in [0.3, 0.4) is 0 Å². The van der Waals surface area contributed by atoms with Crippen LogP contribution in [-0.2, 0) is 4.79 Å². The molecule has 1 unspecified atom stereocenters. The number of carboxylic acid groups (broad SMARTS) is 1. The van der Waals surface area contributed by atoms with Crippen molar-refractivity contribution in [2.75, 3.05) is 0 Å². The topological polar surface area (TPSA) is 53.0 Å². The van der Waals surface area contributed by atoms with Gasteiger partial charge in [-0.1, -0.05) is 13.0 Å². The second-order valence-electron chi connectivity index (χ2n) is 2.30. The molecule has 12 heavy (non-hydrogen) atoms. The number of nitrogens with zero attached hydrogens (tertiary/aromatic N) is 1. The van der Waals surface area contributed by atoms with Gasteiger partial charge in [0.2, 0.25) is 0 Å². The average molecular weight is 173 g/mol. The van der Waals surface area contributed by atoms with Gasteiger partial charge in [-0.15, -0.1) is 0 Å². The maximum atomic E-state index is 10.3. The quantitative estimate of drug-likeness (QED) is 0.446. The Balaban J connectivity index is 0.00000121. The summed E-state index contributed by atoms with van der Waals surface area (Å²) in [5.74, 6) is -1.72. The van der Waals surface area contributed by atoms with E-state index < -0.39 is 11.9 Å². The van der Waals surface area contributed by atoms with Gasteiger partial charge in [-0.3, -0.25) is 4.98 Å². The molecular formula is C8H8NNaO2. The monoisotopic (exact) mass is 173 g/mol. The van der Waals surface area contributed by atoms with E-state index >= 15 is 0 Å². The predicted molar refractivity (Wildman–Crippen MR) is 37.7 cm³/mol. The van der Waals surface area contributed by atoms with Gasteiger partial charge >= 0.3 is 29.6 Å². The Morgan fingerprint density at radius 1 is 1.58 bits per heavy atom. The van der Waals surface area contributed by atoms with E-state index in [1.165, 1.54) is 0 Å². The van der Waals surface area contributed by atoms with Crippen LogP contribution in [0.25, 0.3) is 0 Å². The Hall–Kier alpha value is -0.380. The van der Waals surface area contributed by atoms with Crippen LogP contribution < -0.4 is 34.7 Å². The molecular weight excluding hydrogens is 165 g/mol. The Kier molecular flexibility index (Phi) is 5.13. The third kappa shape index (κ3) is 2.93. The largest absolute Gasteiger partial charge is 1.00 e. The molecule has 1 atom stereocenters. The van der Waals surface area contributed by atoms with Gasteiger partial charge in [0, 0.05) is 17.8 Å². The fraction of sp³-hybridized carbons (Fsp3) is 0.250. The SMILES string of the molecule is CC(C(=O)[O-])c1ccccn1.[Na+]. The number of hydrogen-bond acceptors (Lipinski definition) is 3. The molecule has 3 nitrogen and oxygen atoms in total. The summed E-state index contributed by atoms with van der Waals surface area (Å²) in [7, 11) is 0. The second-order valence-corrected chi connectivity index (χ2v) is 2.30. The number of rotatable bonds is 2. The van der Waals surface area contributed by atoms with Crippen molar-refractivity contribution in [1.29, 1.82) is 0 Å². The maximum Gasteiger partial charge on any atom is 1.00 e. The molecule has 0 aliphatic heterocycles. The summed E-state index contributed by atoms with van der Waals surface area (Å²) in [5, 5.41) is 10.3. The van der Waals surface area contributed by atoms with E-state index in [2.05, 4.69) is 4.98 Å². The minimum Gasteiger partial charge on any atom is -0.549 e. The number of hydrogen-bond donors (Lipinski definition) is 0. The fourth-order valence-electron chi connectivity index (χ4n) is 0.753. The summed E-state index contributed by atoms with van der Waals surface area (Å²) in [6, 6.07) is 5.16. The zero-order valence-electron chi connectivity index (χ0n) is 7.15. The van der Waals surface area contributed by atoms with E-state index in [4.69, 9.17) is 0 Å². The van der Waals surface area contributed by atoms with Crippen LogP contribution in [0, 0.1) is 0 Å². The fourth-order valence-corrected chi connectivity index (χ4v) is 0.753. The van der Waals surface area contributed by atoms with Crippen LogP contribution in [0.15, 0.2) is 24.4 Å². The number of carbonyl (C=O) groups excluding carboxylic acids is 1. The van der Waals surface area contributed by atoms with Gasteiger partial charge in [0.25, 0.3) is 0 Å². The second kappa shape index (κ2) is 5.30. The molecule has 0 radical (unpaired) electrons. The van der Waals surface area contributed by atoms with Gasteiger partial charge in [-0.2, -0.15) is 0 Å². The molecule has 0 fully saturated rings. The van der Waals surface area contributed by atoms with E-state index in [1.54, 1.807) is 31.3 Å². The standard InChI is InChI=1S/C8H9NO2.Na/c1-6(8(10)11)7-4-2-3-5-9-7;/h2-6H,1H3,(H,10,11);/q;+1/p-1. The first-order chi connectivity index (χ1) is 5.22. The third-order valence-electron chi connectivity index (χ3n) is 1.48. The summed E-state index contributed by atoms with van der Waals surface area (Å²) in [4.78, 5) is 14.2. The van der Waals surface area contributed by atoms with Crippen molar-refractivity contribution in [3.05, 3.63) is 30.1 Å². The molecule has 1 aromatic rings. The van der Waals surface area contributed by atoms with Crippen LogP contribution in [0.1, 0.15) is 18.5 Å². The van der Waals surface area contributed by atoms with Crippen molar-refractivity contribution in [2.24, 2.45) is 0 Å². The molecule has 58 valence electrons. The van der Waals surface area contributed by atoms with Gasteiger partial charge in [-0.05, 0) is 12.1 Å². The van der Waals surface area contributed by atoms with Gasteiger partial charge < -0.3 is 9.90 Å². The van der Waals surface area contributed by atoms with Gasteiger partial charge in [0.1, 0.15) is 0 Å². The van der Waals surface area contributed by atoms with E-state index in [9.17, 15) is 9.90 Å². The molecule has 1 aromatic heterocycles. The molecule has 0 bridgehead atoms. The molecule has 0 aromatic carbocycles. The van der Waals surface area contributed by atoms with E-state index in [-0.39, 0.29) is 29.6 Å². The van der Waals surface area contributed by atoms with Crippen LogP contribution in [-0.4, -0.2) is 11.0 Å². The molecule has 1 rings (SSSR count). The first kappa shape index (κ1) is 11.6. The summed E-state index contributed by atoms with van der Waals surface area (Å²) in [6.45, 7) is 1.55. The minimum absolute atomic E-state index is 0. The minimum atomic E-state index is -1.09. The summed E-state index contributed by atoms with van der Waals surface area (Å²) in [6.07, 6.45) is 1.56. The number of aromatic nitrogens is 1. The van der Waals surface area contributed by atoms with Gasteiger partial charge in [0.05, 0.1) is 5.97 Å². The zero-order valence-corrected chi connectivity index (χ0v) is 9.15. The van der Waals surface area contributed by atoms with Crippen LogP contribution in [0.2, 0.25) is 0 Å². The average Bonchev–Trinajstić information content (AvgIpc) is 2.05. The molecule has 0 spiro atoms. The molecule has 0 saturated carbocycles. The molecule has 0 aliphatic rings. The van der Waals surface area contributed by atoms with Crippen molar-refractivity contribution in [3.63, 3.8) is 0 Å². The Labute approximate surface area is 93.1 Å². The zero-order chi connectivity index (χ0) is 8.27. The molecule has 0 N–H and O–H groups in total. The molecule has 0 saturated heterocycles. The van der Waals surface area contributed by atoms with Crippen LogP contribution >= 0.6 is 0 Å². The summed E-state index contributed by atoms with van der Waals surface area (Å²) < 4.78 is 0. The third-order valence-corrected chi connectivity index (χ3v) is 1.48. The van der Waals surface area contributed by atoms with Crippen molar-refractivity contribution in [3.8, 4) is 0 Å². The van der Waals surface area contributed by atoms with Gasteiger partial charge in [-0.25, -0.2) is 0 Å². The van der Waals surface area contributed by atoms with Crippen LogP contribution in [0.4, 0.5) is 0 Å². The molecule has 4 heteroatoms. The normalized spacial score (nSPS) is 11.4. The smallest absolute Gasteiger partial charge is 0.549 e. The predicted octanol–water partition coefficient (Wildman–Crippen LogP) is -3.06. The summed E-state index contributed by atoms with van der Waals surface area (Å²) in [5.41, 5.74) is 0.535. The Bertz CT molecular complexity index is 250. The molecule has 0 aliphatic carbocycles. The number of carbonyl (C=O) groups is 1. The van der Waals surface area contributed by atoms with Crippen LogP contribution in [0.5, 0.6) is 0 Å². The Morgan fingerprint density at radius 3 is 2.67 bits per heavy atom. The van der Waals surface area contributed by atoms with Crippen molar-refractivity contribution >= 4 is 5.97 Å². The van der Waals surface area contributed by atoms with E-state index in [0.717, 1.165) is 0 Å². The first-order valence-electron chi connectivity index (χ1n) is 3.33. The van der Waals surface area contributed by atoms with Crippen molar-refractivity contribution in [2.45, 2.75) is 12.8 Å². The molecule has 0 amide bonds. The first-order valence-corrected chi connectivity index (χ1v) is 3.33. The van der Waals surface area contributed by atoms with Crippen molar-refractivity contribution in [1.82, 2.24) is 4.98 Å². The van der Waals surface area contributed by atoms with E-state index in [0.29, 0.717) is 5.69 Å². The summed E-state index contributed by atoms with van der Waals surface area (Å²) >= 11 is 0. The number of pyridine rings is 1. The number of carboxylic acids is 1. The van der Waals surface area contributed by atoms with Crippen molar-refractivity contribution < 1.29 is 39.5 Å². The van der Waals surface area contributed by atoms with E-state index in [1.807, 2.05) is 0 Å². The maximum absolute atomic E-state index is 10.3. The van der Waals surface area contributed by atoms with Gasteiger partial charge in [0.15, 0.2) is 0 Å². The number of aliphatic carboxylic acids is 1.